The van der Waals surface area contributed by atoms with Gasteiger partial charge in [0, 0.05) is 17.8 Å². The molecule has 0 saturated heterocycles. The van der Waals surface area contributed by atoms with E-state index in [0.29, 0.717) is 12.4 Å². The maximum atomic E-state index is 6.14. The molecule has 0 atom stereocenters. The lowest BCUT2D eigenvalue weighted by Gasteiger charge is -2.12. The molecule has 0 aliphatic rings. The molecule has 0 N–H and O–H groups in total. The molecule has 0 aliphatic carbocycles. The lowest BCUT2D eigenvalue weighted by molar-refractivity contribution is 0.308. The van der Waals surface area contributed by atoms with E-state index in [1.165, 1.54) is 0 Å². The first-order valence-electron chi connectivity index (χ1n) is 9.08. The first-order valence-corrected chi connectivity index (χ1v) is 9.08. The van der Waals surface area contributed by atoms with Crippen LogP contribution in [0.1, 0.15) is 16.7 Å². The molecule has 4 rings (SSSR count). The molecular weight excluding hydrogens is 350 g/mol. The number of hydrogen-bond acceptors (Lipinski definition) is 5. The number of fused-ring (bicyclic) bond motifs is 1. The molecule has 2 aromatic heterocycles. The highest BCUT2D eigenvalue weighted by Gasteiger charge is 2.10. The molecule has 0 amide bonds. The third-order valence-electron chi connectivity index (χ3n) is 4.44. The normalized spacial score (nSPS) is 10.8. The van der Waals surface area contributed by atoms with Crippen molar-refractivity contribution in [1.29, 1.82) is 0 Å². The number of methoxy groups -OCH3 is 1. The highest BCUT2D eigenvalue weighted by atomic mass is 16.5. The van der Waals surface area contributed by atoms with E-state index in [1.807, 2.05) is 49.4 Å². The average molecular weight is 371 g/mol. The molecule has 2 aromatic carbocycles. The zero-order valence-electron chi connectivity index (χ0n) is 16.1. The minimum absolute atomic E-state index is 0.433. The molecule has 0 aliphatic heterocycles. The molecular formula is C23H21N3O2. The second kappa shape index (κ2) is 7.64. The van der Waals surface area contributed by atoms with Crippen LogP contribution in [0.15, 0.2) is 60.9 Å². The van der Waals surface area contributed by atoms with Crippen molar-refractivity contribution in [3.8, 4) is 23.0 Å². The largest absolute Gasteiger partial charge is 0.497 e. The second-order valence-corrected chi connectivity index (χ2v) is 6.76. The van der Waals surface area contributed by atoms with E-state index in [1.54, 1.807) is 19.5 Å². The Morgan fingerprint density at radius 2 is 1.71 bits per heavy atom. The van der Waals surface area contributed by atoms with Gasteiger partial charge in [0.2, 0.25) is 0 Å². The molecule has 0 radical (unpaired) electrons. The molecule has 5 nitrogen and oxygen atoms in total. The van der Waals surface area contributed by atoms with E-state index < -0.39 is 0 Å². The molecule has 0 spiro atoms. The Balaban J connectivity index is 1.69. The minimum Gasteiger partial charge on any atom is -0.497 e. The Kier molecular flexibility index (Phi) is 4.89. The number of rotatable bonds is 5. The summed E-state index contributed by atoms with van der Waals surface area (Å²) in [5.41, 5.74) is 4.70. The maximum Gasteiger partial charge on any atom is 0.178 e. The average Bonchev–Trinajstić information content (AvgIpc) is 2.72. The fourth-order valence-corrected chi connectivity index (χ4v) is 3.03. The Morgan fingerprint density at radius 3 is 2.50 bits per heavy atom. The van der Waals surface area contributed by atoms with Gasteiger partial charge < -0.3 is 9.47 Å². The van der Waals surface area contributed by atoms with Gasteiger partial charge in [0.25, 0.3) is 0 Å². The zero-order chi connectivity index (χ0) is 19.5. The van der Waals surface area contributed by atoms with Gasteiger partial charge in [-0.2, -0.15) is 0 Å². The van der Waals surface area contributed by atoms with Crippen molar-refractivity contribution < 1.29 is 9.47 Å². The van der Waals surface area contributed by atoms with Crippen molar-refractivity contribution >= 4 is 10.9 Å². The molecule has 0 unspecified atom stereocenters. The van der Waals surface area contributed by atoms with Gasteiger partial charge in [-0.1, -0.05) is 18.2 Å². The summed E-state index contributed by atoms with van der Waals surface area (Å²) in [7, 11) is 1.66. The number of ether oxygens (including phenoxy) is 2. The number of aromatic nitrogens is 3. The summed E-state index contributed by atoms with van der Waals surface area (Å²) >= 11 is 0. The number of aryl methyl sites for hydroxylation is 2. The Labute approximate surface area is 164 Å². The summed E-state index contributed by atoms with van der Waals surface area (Å²) < 4.78 is 11.4. The van der Waals surface area contributed by atoms with Gasteiger partial charge in [0.15, 0.2) is 5.82 Å². The second-order valence-electron chi connectivity index (χ2n) is 6.76. The quantitative estimate of drug-likeness (QED) is 0.500. The van der Waals surface area contributed by atoms with E-state index in [-0.39, 0.29) is 0 Å². The molecule has 140 valence electrons. The van der Waals surface area contributed by atoms with Crippen LogP contribution in [-0.2, 0) is 6.61 Å². The van der Waals surface area contributed by atoms with Crippen LogP contribution < -0.4 is 9.47 Å². The SMILES string of the molecule is COc1cccc(COc2cc(C)cc3ccc(-c4ncc(C)cn4)nc23)c1. The molecule has 0 saturated carbocycles. The van der Waals surface area contributed by atoms with Crippen molar-refractivity contribution in [3.63, 3.8) is 0 Å². The van der Waals surface area contributed by atoms with Gasteiger partial charge in [0.1, 0.15) is 29.3 Å². The third kappa shape index (κ3) is 3.78. The first kappa shape index (κ1) is 17.9. The van der Waals surface area contributed by atoms with Crippen molar-refractivity contribution in [2.24, 2.45) is 0 Å². The van der Waals surface area contributed by atoms with E-state index >= 15 is 0 Å². The van der Waals surface area contributed by atoms with Gasteiger partial charge >= 0.3 is 0 Å². The van der Waals surface area contributed by atoms with Crippen LogP contribution in [0.5, 0.6) is 11.5 Å². The number of pyridine rings is 1. The predicted octanol–water partition coefficient (Wildman–Crippen LogP) is 4.90. The summed E-state index contributed by atoms with van der Waals surface area (Å²) in [6.45, 7) is 4.45. The van der Waals surface area contributed by atoms with Gasteiger partial charge in [-0.25, -0.2) is 15.0 Å². The number of nitrogens with zero attached hydrogens (tertiary/aromatic N) is 3. The number of hydrogen-bond donors (Lipinski definition) is 0. The molecule has 0 fully saturated rings. The van der Waals surface area contributed by atoms with E-state index in [9.17, 15) is 0 Å². The van der Waals surface area contributed by atoms with Gasteiger partial charge in [-0.05, 0) is 60.9 Å². The van der Waals surface area contributed by atoms with Crippen molar-refractivity contribution in [2.45, 2.75) is 20.5 Å². The van der Waals surface area contributed by atoms with Gasteiger partial charge in [-0.15, -0.1) is 0 Å². The van der Waals surface area contributed by atoms with Crippen molar-refractivity contribution in [2.75, 3.05) is 7.11 Å². The Bertz CT molecular complexity index is 1120. The van der Waals surface area contributed by atoms with Gasteiger partial charge in [0.05, 0.1) is 7.11 Å². The lowest BCUT2D eigenvalue weighted by atomic mass is 10.1. The van der Waals surface area contributed by atoms with Crippen LogP contribution in [0, 0.1) is 13.8 Å². The summed E-state index contributed by atoms with van der Waals surface area (Å²) in [6.07, 6.45) is 3.59. The van der Waals surface area contributed by atoms with E-state index in [2.05, 4.69) is 23.0 Å². The summed E-state index contributed by atoms with van der Waals surface area (Å²) in [5, 5.41) is 1.02. The van der Waals surface area contributed by atoms with Crippen LogP contribution in [0.25, 0.3) is 22.4 Å². The smallest absolute Gasteiger partial charge is 0.178 e. The monoisotopic (exact) mass is 371 g/mol. The Hall–Kier alpha value is -3.47. The summed E-state index contributed by atoms with van der Waals surface area (Å²) in [4.78, 5) is 13.6. The first-order chi connectivity index (χ1) is 13.6. The fraction of sp³-hybridized carbons (Fsp3) is 0.174. The van der Waals surface area contributed by atoms with E-state index in [0.717, 1.165) is 44.8 Å². The van der Waals surface area contributed by atoms with Crippen molar-refractivity contribution in [3.05, 3.63) is 77.6 Å². The standard InChI is InChI=1S/C23H21N3O2/c1-15-9-18-7-8-20(23-24-12-16(2)13-25-23)26-22(18)21(10-15)28-14-17-5-4-6-19(11-17)27-3/h4-13H,14H2,1-3H3. The molecule has 2 heterocycles. The summed E-state index contributed by atoms with van der Waals surface area (Å²) in [5.74, 6) is 2.16. The molecule has 0 bridgehead atoms. The summed E-state index contributed by atoms with van der Waals surface area (Å²) in [6, 6.07) is 15.9. The topological polar surface area (TPSA) is 57.1 Å². The van der Waals surface area contributed by atoms with Crippen LogP contribution >= 0.6 is 0 Å². The third-order valence-corrected chi connectivity index (χ3v) is 4.44. The van der Waals surface area contributed by atoms with Crippen LogP contribution in [0.3, 0.4) is 0 Å². The van der Waals surface area contributed by atoms with E-state index in [4.69, 9.17) is 14.5 Å². The van der Waals surface area contributed by atoms with Crippen LogP contribution in [0.2, 0.25) is 0 Å². The molecule has 28 heavy (non-hydrogen) atoms. The maximum absolute atomic E-state index is 6.14. The van der Waals surface area contributed by atoms with Crippen LogP contribution in [-0.4, -0.2) is 22.1 Å². The highest BCUT2D eigenvalue weighted by Crippen LogP contribution is 2.29. The molecule has 5 heteroatoms. The Morgan fingerprint density at radius 1 is 0.893 bits per heavy atom. The zero-order valence-corrected chi connectivity index (χ0v) is 16.1. The molecule has 4 aromatic rings. The van der Waals surface area contributed by atoms with Crippen molar-refractivity contribution in [1.82, 2.24) is 15.0 Å². The predicted molar refractivity (Wildman–Crippen MR) is 110 cm³/mol. The highest BCUT2D eigenvalue weighted by molar-refractivity contribution is 5.87. The van der Waals surface area contributed by atoms with Crippen LogP contribution in [0.4, 0.5) is 0 Å². The lowest BCUT2D eigenvalue weighted by Crippen LogP contribution is -1.99. The minimum atomic E-state index is 0.433. The fourth-order valence-electron chi connectivity index (χ4n) is 3.03. The number of benzene rings is 2. The van der Waals surface area contributed by atoms with Gasteiger partial charge in [-0.3, -0.25) is 0 Å².